The minimum atomic E-state index is 0.0599. The molecule has 0 unspecified atom stereocenters. The summed E-state index contributed by atoms with van der Waals surface area (Å²) < 4.78 is 2.80. The Kier molecular flexibility index (Phi) is 5.91. The molecule has 0 spiro atoms. The van der Waals surface area contributed by atoms with Crippen molar-refractivity contribution in [3.8, 4) is 0 Å². The smallest absolute Gasteiger partial charge is 0.256 e. The number of amides is 1. The summed E-state index contributed by atoms with van der Waals surface area (Å²) in [6.07, 6.45) is 5.69. The lowest BCUT2D eigenvalue weighted by molar-refractivity contribution is 0.0737. The second-order valence-electron chi connectivity index (χ2n) is 6.94. The normalized spacial score (nSPS) is 16.1. The quantitative estimate of drug-likeness (QED) is 0.768. The van der Waals surface area contributed by atoms with Crippen LogP contribution in [0, 0.1) is 5.92 Å². The summed E-state index contributed by atoms with van der Waals surface area (Å²) >= 11 is 3.54. The zero-order chi connectivity index (χ0) is 17.8. The fourth-order valence-corrected chi connectivity index (χ4v) is 3.89. The van der Waals surface area contributed by atoms with E-state index in [0.717, 1.165) is 43.5 Å². The lowest BCUT2D eigenvalue weighted by Crippen LogP contribution is -2.39. The maximum Gasteiger partial charge on any atom is 0.256 e. The van der Waals surface area contributed by atoms with Crippen LogP contribution in [0.3, 0.4) is 0 Å². The molecule has 2 aromatic rings. The van der Waals surface area contributed by atoms with Gasteiger partial charge in [0, 0.05) is 37.9 Å². The lowest BCUT2D eigenvalue weighted by atomic mass is 9.95. The average molecular weight is 405 g/mol. The highest BCUT2D eigenvalue weighted by molar-refractivity contribution is 9.10. The summed E-state index contributed by atoms with van der Waals surface area (Å²) in [6, 6.07) is 8.51. The standard InChI is InChI=1S/C19H25BrN4O/c1-22(19(25)17-11-21-23(2)14-17)12-15-6-8-24(9-7-15)13-16-4-3-5-18(20)10-16/h3-5,10-11,14-15H,6-9,12-13H2,1-2H3. The highest BCUT2D eigenvalue weighted by Gasteiger charge is 2.23. The number of hydrogen-bond donors (Lipinski definition) is 0. The largest absolute Gasteiger partial charge is 0.341 e. The molecule has 1 aromatic carbocycles. The van der Waals surface area contributed by atoms with E-state index in [1.165, 1.54) is 5.56 Å². The Morgan fingerprint density at radius 1 is 1.36 bits per heavy atom. The van der Waals surface area contributed by atoms with Crippen LogP contribution in [-0.4, -0.2) is 52.2 Å². The number of nitrogens with zero attached hydrogens (tertiary/aromatic N) is 4. The number of carbonyl (C=O) groups excluding carboxylic acids is 1. The van der Waals surface area contributed by atoms with E-state index in [2.05, 4.69) is 50.2 Å². The highest BCUT2D eigenvalue weighted by atomic mass is 79.9. The molecule has 1 amide bonds. The van der Waals surface area contributed by atoms with Crippen LogP contribution >= 0.6 is 15.9 Å². The SMILES string of the molecule is CN(CC1CCN(Cc2cccc(Br)c2)CC1)C(=O)c1cnn(C)c1. The van der Waals surface area contributed by atoms with Crippen molar-refractivity contribution in [2.45, 2.75) is 19.4 Å². The molecule has 1 fully saturated rings. The van der Waals surface area contributed by atoms with Gasteiger partial charge in [-0.2, -0.15) is 5.10 Å². The van der Waals surface area contributed by atoms with Crippen LogP contribution in [0.1, 0.15) is 28.8 Å². The highest BCUT2D eigenvalue weighted by Crippen LogP contribution is 2.21. The molecule has 0 radical (unpaired) electrons. The number of piperidine rings is 1. The van der Waals surface area contributed by atoms with Gasteiger partial charge in [-0.15, -0.1) is 0 Å². The lowest BCUT2D eigenvalue weighted by Gasteiger charge is -2.33. The van der Waals surface area contributed by atoms with Crippen molar-refractivity contribution in [2.24, 2.45) is 13.0 Å². The minimum absolute atomic E-state index is 0.0599. The van der Waals surface area contributed by atoms with E-state index >= 15 is 0 Å². The summed E-state index contributed by atoms with van der Waals surface area (Å²) in [4.78, 5) is 16.8. The second kappa shape index (κ2) is 8.15. The number of rotatable bonds is 5. The third-order valence-corrected chi connectivity index (χ3v) is 5.33. The van der Waals surface area contributed by atoms with Gasteiger partial charge in [0.25, 0.3) is 5.91 Å². The van der Waals surface area contributed by atoms with Gasteiger partial charge in [0.15, 0.2) is 0 Å². The Balaban J connectivity index is 1.46. The van der Waals surface area contributed by atoms with Crippen LogP contribution < -0.4 is 0 Å². The first-order valence-electron chi connectivity index (χ1n) is 8.72. The topological polar surface area (TPSA) is 41.4 Å². The Morgan fingerprint density at radius 3 is 2.76 bits per heavy atom. The number of aromatic nitrogens is 2. The Morgan fingerprint density at radius 2 is 2.12 bits per heavy atom. The molecule has 1 saturated heterocycles. The van der Waals surface area contributed by atoms with Crippen molar-refractivity contribution in [1.82, 2.24) is 19.6 Å². The van der Waals surface area contributed by atoms with E-state index in [-0.39, 0.29) is 5.91 Å². The maximum absolute atomic E-state index is 12.4. The number of benzene rings is 1. The molecule has 134 valence electrons. The average Bonchev–Trinajstić information content (AvgIpc) is 3.02. The third-order valence-electron chi connectivity index (χ3n) is 4.83. The van der Waals surface area contributed by atoms with Crippen LogP contribution in [0.4, 0.5) is 0 Å². The number of hydrogen-bond acceptors (Lipinski definition) is 3. The van der Waals surface area contributed by atoms with E-state index in [4.69, 9.17) is 0 Å². The van der Waals surface area contributed by atoms with Gasteiger partial charge in [-0.3, -0.25) is 14.4 Å². The van der Waals surface area contributed by atoms with Gasteiger partial charge in [0.2, 0.25) is 0 Å². The van der Waals surface area contributed by atoms with E-state index in [9.17, 15) is 4.79 Å². The van der Waals surface area contributed by atoms with Crippen LogP contribution in [0.2, 0.25) is 0 Å². The summed E-state index contributed by atoms with van der Waals surface area (Å²) in [5, 5.41) is 4.08. The summed E-state index contributed by atoms with van der Waals surface area (Å²) in [7, 11) is 3.72. The van der Waals surface area contributed by atoms with Crippen molar-refractivity contribution in [1.29, 1.82) is 0 Å². The fourth-order valence-electron chi connectivity index (χ4n) is 3.44. The van der Waals surface area contributed by atoms with Gasteiger partial charge >= 0.3 is 0 Å². The molecule has 0 atom stereocenters. The Bertz CT molecular complexity index is 722. The summed E-state index contributed by atoms with van der Waals surface area (Å²) in [5.74, 6) is 0.633. The molecule has 1 aliphatic heterocycles. The van der Waals surface area contributed by atoms with Gasteiger partial charge in [-0.05, 0) is 49.5 Å². The first-order chi connectivity index (χ1) is 12.0. The molecule has 5 nitrogen and oxygen atoms in total. The van der Waals surface area contributed by atoms with E-state index in [0.29, 0.717) is 11.5 Å². The molecular weight excluding hydrogens is 380 g/mol. The molecule has 0 bridgehead atoms. The molecular formula is C19H25BrN4O. The predicted molar refractivity (Wildman–Crippen MR) is 102 cm³/mol. The number of halogens is 1. The van der Waals surface area contributed by atoms with Crippen LogP contribution in [0.5, 0.6) is 0 Å². The first-order valence-corrected chi connectivity index (χ1v) is 9.51. The summed E-state index contributed by atoms with van der Waals surface area (Å²) in [6.45, 7) is 3.99. The van der Waals surface area contributed by atoms with E-state index in [1.807, 2.05) is 19.0 Å². The van der Waals surface area contributed by atoms with Gasteiger partial charge in [0.1, 0.15) is 0 Å². The van der Waals surface area contributed by atoms with Gasteiger partial charge in [-0.1, -0.05) is 28.1 Å². The number of aryl methyl sites for hydroxylation is 1. The van der Waals surface area contributed by atoms with Gasteiger partial charge in [0.05, 0.1) is 11.8 Å². The molecule has 1 aliphatic rings. The molecule has 0 N–H and O–H groups in total. The molecule has 1 aromatic heterocycles. The Hall–Kier alpha value is -1.66. The van der Waals surface area contributed by atoms with Crippen molar-refractivity contribution in [3.05, 3.63) is 52.3 Å². The Labute approximate surface area is 157 Å². The molecule has 2 heterocycles. The van der Waals surface area contributed by atoms with Crippen molar-refractivity contribution >= 4 is 21.8 Å². The first kappa shape index (κ1) is 18.1. The van der Waals surface area contributed by atoms with Crippen LogP contribution in [-0.2, 0) is 13.6 Å². The minimum Gasteiger partial charge on any atom is -0.341 e. The number of carbonyl (C=O) groups is 1. The van der Waals surface area contributed by atoms with Crippen LogP contribution in [0.15, 0.2) is 41.1 Å². The van der Waals surface area contributed by atoms with Gasteiger partial charge < -0.3 is 4.90 Å². The summed E-state index contributed by atoms with van der Waals surface area (Å²) in [5.41, 5.74) is 2.01. The monoisotopic (exact) mass is 404 g/mol. The molecule has 3 rings (SSSR count). The predicted octanol–water partition coefficient (Wildman–Crippen LogP) is 3.17. The zero-order valence-corrected chi connectivity index (χ0v) is 16.4. The van der Waals surface area contributed by atoms with Gasteiger partial charge in [-0.25, -0.2) is 0 Å². The molecule has 25 heavy (non-hydrogen) atoms. The molecule has 0 saturated carbocycles. The van der Waals surface area contributed by atoms with Crippen molar-refractivity contribution in [3.63, 3.8) is 0 Å². The maximum atomic E-state index is 12.4. The van der Waals surface area contributed by atoms with Crippen LogP contribution in [0.25, 0.3) is 0 Å². The number of likely N-dealkylation sites (tertiary alicyclic amines) is 1. The third kappa shape index (κ3) is 4.92. The zero-order valence-electron chi connectivity index (χ0n) is 14.9. The molecule has 0 aliphatic carbocycles. The van der Waals surface area contributed by atoms with E-state index < -0.39 is 0 Å². The fraction of sp³-hybridized carbons (Fsp3) is 0.474. The second-order valence-corrected chi connectivity index (χ2v) is 7.85. The van der Waals surface area contributed by atoms with Crippen molar-refractivity contribution < 1.29 is 4.79 Å². The van der Waals surface area contributed by atoms with E-state index in [1.54, 1.807) is 17.1 Å². The molecule has 6 heteroatoms. The van der Waals surface area contributed by atoms with Crippen molar-refractivity contribution in [2.75, 3.05) is 26.7 Å².